The van der Waals surface area contributed by atoms with E-state index >= 15 is 0 Å². The van der Waals surface area contributed by atoms with Gasteiger partial charge in [0, 0.05) is 31.2 Å². The molecule has 0 bridgehead atoms. The summed E-state index contributed by atoms with van der Waals surface area (Å²) in [5, 5.41) is 10.00. The maximum Gasteiger partial charge on any atom is 0.416 e. The number of nitrogens with zero attached hydrogens (tertiary/aromatic N) is 1. The van der Waals surface area contributed by atoms with Gasteiger partial charge in [0.2, 0.25) is 0 Å². The predicted molar refractivity (Wildman–Crippen MR) is 61.2 cm³/mol. The van der Waals surface area contributed by atoms with Gasteiger partial charge in [0.25, 0.3) is 0 Å². The minimum absolute atomic E-state index is 0.212. The highest BCUT2D eigenvalue weighted by molar-refractivity contribution is 5.28. The number of alkyl halides is 3. The van der Waals surface area contributed by atoms with Crippen LogP contribution >= 0.6 is 0 Å². The van der Waals surface area contributed by atoms with Crippen molar-refractivity contribution < 1.29 is 27.8 Å². The molecule has 1 aromatic rings. The Bertz CT molecular complexity index is 392. The third-order valence-electron chi connectivity index (χ3n) is 2.40. The summed E-state index contributed by atoms with van der Waals surface area (Å²) in [6.07, 6.45) is -5.28. The van der Waals surface area contributed by atoms with E-state index in [-0.39, 0.29) is 18.8 Å². The van der Waals surface area contributed by atoms with Crippen molar-refractivity contribution >= 4 is 0 Å². The van der Waals surface area contributed by atoms with Crippen LogP contribution in [0.3, 0.4) is 0 Å². The second kappa shape index (κ2) is 6.83. The van der Waals surface area contributed by atoms with Crippen LogP contribution in [-0.4, -0.2) is 29.6 Å². The van der Waals surface area contributed by atoms with Crippen molar-refractivity contribution in [1.29, 1.82) is 0 Å². The lowest BCUT2D eigenvalue weighted by Crippen LogP contribution is -2.27. The van der Waals surface area contributed by atoms with Gasteiger partial charge in [-0.2, -0.15) is 13.2 Å². The molecule has 1 aromatic heterocycles. The topological polar surface area (TPSA) is 51.6 Å². The van der Waals surface area contributed by atoms with Crippen LogP contribution < -0.4 is 0 Å². The van der Waals surface area contributed by atoms with Gasteiger partial charge in [-0.15, -0.1) is 0 Å². The highest BCUT2D eigenvalue weighted by atomic mass is 19.4. The van der Waals surface area contributed by atoms with E-state index in [1.807, 2.05) is 0 Å². The van der Waals surface area contributed by atoms with Crippen LogP contribution in [0.1, 0.15) is 31.1 Å². The van der Waals surface area contributed by atoms with Gasteiger partial charge < -0.3 is 14.6 Å². The number of aliphatic hydroxyl groups is 1. The summed E-state index contributed by atoms with van der Waals surface area (Å²) in [5.41, 5.74) is -1.30. The molecular formula is C12H16F3NO3. The summed E-state index contributed by atoms with van der Waals surface area (Å²) in [6, 6.07) is 0.813. The fourth-order valence-electron chi connectivity index (χ4n) is 1.61. The molecule has 1 N–H and O–H groups in total. The van der Waals surface area contributed by atoms with Crippen LogP contribution in [0.15, 0.2) is 18.5 Å². The van der Waals surface area contributed by atoms with Gasteiger partial charge in [0.1, 0.15) is 6.10 Å². The number of rotatable bonds is 6. The molecule has 0 aromatic carbocycles. The highest BCUT2D eigenvalue weighted by Gasteiger charge is 2.37. The first kappa shape index (κ1) is 15.9. The molecule has 0 saturated carbocycles. The normalized spacial score (nSPS) is 13.8. The summed E-state index contributed by atoms with van der Waals surface area (Å²) < 4.78 is 48.7. The Balaban J connectivity index is 3.06. The van der Waals surface area contributed by atoms with Crippen molar-refractivity contribution in [3.8, 4) is 0 Å². The van der Waals surface area contributed by atoms with Gasteiger partial charge in [-0.3, -0.25) is 4.98 Å². The lowest BCUT2D eigenvalue weighted by atomic mass is 10.0. The van der Waals surface area contributed by atoms with Crippen molar-refractivity contribution in [2.45, 2.75) is 32.4 Å². The molecule has 0 aliphatic carbocycles. The molecule has 0 saturated heterocycles. The SMILES string of the molecule is CCOC(OCC)C(O)c1cnccc1C(F)(F)F. The average molecular weight is 279 g/mol. The predicted octanol–water partition coefficient (Wildman–Crippen LogP) is 2.53. The molecule has 108 valence electrons. The first-order valence-corrected chi connectivity index (χ1v) is 5.84. The molecule has 1 rings (SSSR count). The van der Waals surface area contributed by atoms with E-state index in [4.69, 9.17) is 9.47 Å². The molecular weight excluding hydrogens is 263 g/mol. The summed E-state index contributed by atoms with van der Waals surface area (Å²) in [5.74, 6) is 0. The number of aliphatic hydroxyl groups excluding tert-OH is 1. The zero-order valence-electron chi connectivity index (χ0n) is 10.6. The lowest BCUT2D eigenvalue weighted by Gasteiger charge is -2.24. The fraction of sp³-hybridized carbons (Fsp3) is 0.583. The average Bonchev–Trinajstić information content (AvgIpc) is 2.37. The molecule has 1 atom stereocenters. The second-order valence-electron chi connectivity index (χ2n) is 3.68. The van der Waals surface area contributed by atoms with Gasteiger partial charge in [0.15, 0.2) is 6.29 Å². The van der Waals surface area contributed by atoms with Crippen molar-refractivity contribution in [3.63, 3.8) is 0 Å². The minimum Gasteiger partial charge on any atom is -0.383 e. The zero-order valence-corrected chi connectivity index (χ0v) is 10.6. The van der Waals surface area contributed by atoms with Crippen LogP contribution in [-0.2, 0) is 15.7 Å². The van der Waals surface area contributed by atoms with E-state index < -0.39 is 24.1 Å². The Morgan fingerprint density at radius 3 is 2.32 bits per heavy atom. The monoisotopic (exact) mass is 279 g/mol. The molecule has 0 radical (unpaired) electrons. The number of pyridine rings is 1. The van der Waals surface area contributed by atoms with Crippen molar-refractivity contribution in [2.24, 2.45) is 0 Å². The highest BCUT2D eigenvalue weighted by Crippen LogP contribution is 2.35. The molecule has 0 aliphatic heterocycles. The second-order valence-corrected chi connectivity index (χ2v) is 3.68. The Hall–Kier alpha value is -1.18. The van der Waals surface area contributed by atoms with E-state index in [9.17, 15) is 18.3 Å². The van der Waals surface area contributed by atoms with Crippen LogP contribution in [0, 0.1) is 0 Å². The van der Waals surface area contributed by atoms with Crippen LogP contribution in [0.4, 0.5) is 13.2 Å². The largest absolute Gasteiger partial charge is 0.416 e. The summed E-state index contributed by atoms with van der Waals surface area (Å²) in [7, 11) is 0. The first-order valence-electron chi connectivity index (χ1n) is 5.84. The van der Waals surface area contributed by atoms with Crippen molar-refractivity contribution in [3.05, 3.63) is 29.6 Å². The standard InChI is InChI=1S/C12H16F3NO3/c1-3-18-11(19-4-2)10(17)8-7-16-6-5-9(8)12(13,14)15/h5-7,10-11,17H,3-4H2,1-2H3. The van der Waals surface area contributed by atoms with E-state index in [1.165, 1.54) is 0 Å². The molecule has 0 spiro atoms. The molecule has 7 heteroatoms. The number of hydrogen-bond acceptors (Lipinski definition) is 4. The Kier molecular flexibility index (Phi) is 5.71. The molecule has 0 aliphatic rings. The molecule has 4 nitrogen and oxygen atoms in total. The Morgan fingerprint density at radius 2 is 1.84 bits per heavy atom. The quantitative estimate of drug-likeness (QED) is 0.813. The van der Waals surface area contributed by atoms with Gasteiger partial charge >= 0.3 is 6.18 Å². The molecule has 0 amide bonds. The maximum atomic E-state index is 12.8. The Labute approximate surface area is 109 Å². The van der Waals surface area contributed by atoms with Gasteiger partial charge in [-0.25, -0.2) is 0 Å². The summed E-state index contributed by atoms with van der Waals surface area (Å²) in [4.78, 5) is 3.61. The molecule has 1 unspecified atom stereocenters. The van der Waals surface area contributed by atoms with E-state index in [0.29, 0.717) is 0 Å². The number of ether oxygens (including phenoxy) is 2. The zero-order chi connectivity index (χ0) is 14.5. The summed E-state index contributed by atoms with van der Waals surface area (Å²) in [6.45, 7) is 3.74. The van der Waals surface area contributed by atoms with E-state index in [2.05, 4.69) is 4.98 Å². The minimum atomic E-state index is -4.57. The number of aromatic nitrogens is 1. The van der Waals surface area contributed by atoms with Crippen LogP contribution in [0.25, 0.3) is 0 Å². The smallest absolute Gasteiger partial charge is 0.383 e. The maximum absolute atomic E-state index is 12.8. The number of hydrogen-bond donors (Lipinski definition) is 1. The van der Waals surface area contributed by atoms with Crippen molar-refractivity contribution in [1.82, 2.24) is 4.98 Å². The van der Waals surface area contributed by atoms with E-state index in [1.54, 1.807) is 13.8 Å². The van der Waals surface area contributed by atoms with E-state index in [0.717, 1.165) is 18.5 Å². The van der Waals surface area contributed by atoms with Gasteiger partial charge in [0.05, 0.1) is 5.56 Å². The summed E-state index contributed by atoms with van der Waals surface area (Å²) >= 11 is 0. The fourth-order valence-corrected chi connectivity index (χ4v) is 1.61. The van der Waals surface area contributed by atoms with Gasteiger partial charge in [-0.05, 0) is 19.9 Å². The lowest BCUT2D eigenvalue weighted by molar-refractivity contribution is -0.194. The molecule has 0 fully saturated rings. The molecule has 19 heavy (non-hydrogen) atoms. The Morgan fingerprint density at radius 1 is 1.26 bits per heavy atom. The third kappa shape index (κ3) is 4.15. The van der Waals surface area contributed by atoms with Crippen LogP contribution in [0.5, 0.6) is 0 Å². The molecule has 1 heterocycles. The first-order chi connectivity index (χ1) is 8.91. The van der Waals surface area contributed by atoms with Crippen molar-refractivity contribution in [2.75, 3.05) is 13.2 Å². The number of halogens is 3. The van der Waals surface area contributed by atoms with Crippen LogP contribution in [0.2, 0.25) is 0 Å². The van der Waals surface area contributed by atoms with Gasteiger partial charge in [-0.1, -0.05) is 0 Å². The third-order valence-corrected chi connectivity index (χ3v) is 2.40.